The molecule has 1 aromatic carbocycles. The first kappa shape index (κ1) is 20.5. The van der Waals surface area contributed by atoms with Gasteiger partial charge in [-0.1, -0.05) is 18.6 Å². The first-order chi connectivity index (χ1) is 14.5. The highest BCUT2D eigenvalue weighted by atomic mass is 19.1. The topological polar surface area (TPSA) is 50.1 Å². The number of likely N-dealkylation sites (tertiary alicyclic amines) is 1. The number of rotatable bonds is 6. The largest absolute Gasteiger partial charge is 0.347 e. The van der Waals surface area contributed by atoms with Crippen molar-refractivity contribution in [1.82, 2.24) is 24.6 Å². The minimum absolute atomic E-state index is 0.186. The molecule has 158 valence electrons. The van der Waals surface area contributed by atoms with Crippen molar-refractivity contribution in [3.63, 3.8) is 0 Å². The molecule has 1 unspecified atom stereocenters. The third kappa shape index (κ3) is 4.36. The van der Waals surface area contributed by atoms with Gasteiger partial charge in [-0.05, 0) is 44.0 Å². The molecule has 30 heavy (non-hydrogen) atoms. The average Bonchev–Trinajstić information content (AvgIpc) is 3.22. The number of nitrogens with zero attached hydrogens (tertiary/aromatic N) is 6. The van der Waals surface area contributed by atoms with Crippen molar-refractivity contribution in [2.45, 2.75) is 45.3 Å². The zero-order valence-corrected chi connectivity index (χ0v) is 17.9. The fraction of sp³-hybridized carbons (Fsp3) is 0.435. The van der Waals surface area contributed by atoms with E-state index in [-0.39, 0.29) is 11.9 Å². The van der Waals surface area contributed by atoms with E-state index in [4.69, 9.17) is 4.98 Å². The molecule has 0 radical (unpaired) electrons. The maximum atomic E-state index is 13.5. The van der Waals surface area contributed by atoms with Crippen molar-refractivity contribution in [1.29, 1.82) is 0 Å². The number of hydrogen-bond donors (Lipinski definition) is 0. The third-order valence-corrected chi connectivity index (χ3v) is 5.69. The quantitative estimate of drug-likeness (QED) is 0.609. The molecule has 0 spiro atoms. The van der Waals surface area contributed by atoms with E-state index in [9.17, 15) is 4.39 Å². The van der Waals surface area contributed by atoms with Crippen LogP contribution in [0.15, 0.2) is 42.9 Å². The zero-order chi connectivity index (χ0) is 21.1. The van der Waals surface area contributed by atoms with Gasteiger partial charge in [-0.3, -0.25) is 9.58 Å². The van der Waals surface area contributed by atoms with Gasteiger partial charge in [-0.2, -0.15) is 5.10 Å². The number of anilines is 1. The maximum absolute atomic E-state index is 13.5. The summed E-state index contributed by atoms with van der Waals surface area (Å²) in [7, 11) is 3.91. The van der Waals surface area contributed by atoms with Gasteiger partial charge in [0.1, 0.15) is 5.82 Å². The summed E-state index contributed by atoms with van der Waals surface area (Å²) in [5.41, 5.74) is 4.15. The predicted molar refractivity (Wildman–Crippen MR) is 117 cm³/mol. The van der Waals surface area contributed by atoms with Gasteiger partial charge < -0.3 is 4.90 Å². The Kier molecular flexibility index (Phi) is 6.08. The molecular weight excluding hydrogens is 379 g/mol. The lowest BCUT2D eigenvalue weighted by Gasteiger charge is -2.36. The Hall–Kier alpha value is -2.80. The van der Waals surface area contributed by atoms with E-state index >= 15 is 0 Å². The van der Waals surface area contributed by atoms with Crippen LogP contribution in [0.4, 0.5) is 10.3 Å². The molecule has 3 heterocycles. The molecule has 1 aliphatic heterocycles. The van der Waals surface area contributed by atoms with E-state index in [1.807, 2.05) is 48.2 Å². The minimum Gasteiger partial charge on any atom is -0.347 e. The normalized spacial score (nSPS) is 17.3. The Bertz CT molecular complexity index is 982. The Morgan fingerprint density at radius 3 is 2.63 bits per heavy atom. The van der Waals surface area contributed by atoms with Gasteiger partial charge >= 0.3 is 0 Å². The highest BCUT2D eigenvalue weighted by Crippen LogP contribution is 2.37. The molecule has 1 fully saturated rings. The monoisotopic (exact) mass is 408 g/mol. The second kappa shape index (κ2) is 8.92. The van der Waals surface area contributed by atoms with E-state index in [1.54, 1.807) is 0 Å². The summed E-state index contributed by atoms with van der Waals surface area (Å²) in [5, 5.41) is 4.43. The molecule has 0 aliphatic carbocycles. The number of aryl methyl sites for hydroxylation is 1. The predicted octanol–water partition coefficient (Wildman–Crippen LogP) is 4.29. The molecule has 6 nitrogen and oxygen atoms in total. The molecule has 2 aromatic heterocycles. The van der Waals surface area contributed by atoms with Gasteiger partial charge in [0.25, 0.3) is 0 Å². The number of piperidine rings is 1. The van der Waals surface area contributed by atoms with Gasteiger partial charge in [0.15, 0.2) is 0 Å². The van der Waals surface area contributed by atoms with Crippen LogP contribution in [-0.2, 0) is 13.1 Å². The molecule has 7 heteroatoms. The van der Waals surface area contributed by atoms with Crippen molar-refractivity contribution in [2.24, 2.45) is 0 Å². The molecule has 4 rings (SSSR count). The van der Waals surface area contributed by atoms with Gasteiger partial charge in [0.2, 0.25) is 5.95 Å². The second-order valence-corrected chi connectivity index (χ2v) is 8.06. The van der Waals surface area contributed by atoms with E-state index in [1.165, 1.54) is 30.5 Å². The van der Waals surface area contributed by atoms with Crippen LogP contribution < -0.4 is 4.90 Å². The average molecular weight is 409 g/mol. The third-order valence-electron chi connectivity index (χ3n) is 5.69. The molecular formula is C23H29FN6. The van der Waals surface area contributed by atoms with Crippen molar-refractivity contribution < 1.29 is 4.39 Å². The molecule has 1 aliphatic rings. The molecule has 0 saturated carbocycles. The highest BCUT2D eigenvalue weighted by Gasteiger charge is 2.28. The Labute approximate surface area is 177 Å². The summed E-state index contributed by atoms with van der Waals surface area (Å²) in [6.45, 7) is 4.83. The van der Waals surface area contributed by atoms with E-state index < -0.39 is 0 Å². The summed E-state index contributed by atoms with van der Waals surface area (Å²) < 4.78 is 15.5. The highest BCUT2D eigenvalue weighted by molar-refractivity contribution is 5.66. The van der Waals surface area contributed by atoms with Crippen molar-refractivity contribution in [2.75, 3.05) is 25.5 Å². The van der Waals surface area contributed by atoms with Gasteiger partial charge in [0, 0.05) is 50.7 Å². The van der Waals surface area contributed by atoms with Crippen LogP contribution in [0.3, 0.4) is 0 Å². The molecule has 0 bridgehead atoms. The van der Waals surface area contributed by atoms with Gasteiger partial charge in [-0.25, -0.2) is 14.4 Å². The Morgan fingerprint density at radius 1 is 1.13 bits per heavy atom. The Morgan fingerprint density at radius 2 is 1.93 bits per heavy atom. The fourth-order valence-corrected chi connectivity index (χ4v) is 4.09. The van der Waals surface area contributed by atoms with Crippen LogP contribution in [-0.4, -0.2) is 45.3 Å². The summed E-state index contributed by atoms with van der Waals surface area (Å²) in [4.78, 5) is 13.9. The van der Waals surface area contributed by atoms with Crippen LogP contribution in [0, 0.1) is 5.82 Å². The van der Waals surface area contributed by atoms with Gasteiger partial charge in [0.05, 0.1) is 17.9 Å². The van der Waals surface area contributed by atoms with Gasteiger partial charge in [-0.15, -0.1) is 0 Å². The fourth-order valence-electron chi connectivity index (χ4n) is 4.09. The number of benzene rings is 1. The molecule has 1 saturated heterocycles. The second-order valence-electron chi connectivity index (χ2n) is 8.06. The molecule has 0 amide bonds. The van der Waals surface area contributed by atoms with Crippen LogP contribution in [0.2, 0.25) is 0 Å². The first-order valence-corrected chi connectivity index (χ1v) is 10.6. The maximum Gasteiger partial charge on any atom is 0.225 e. The lowest BCUT2D eigenvalue weighted by molar-refractivity contribution is 0.137. The Balaban J connectivity index is 1.72. The van der Waals surface area contributed by atoms with E-state index in [2.05, 4.69) is 28.1 Å². The van der Waals surface area contributed by atoms with Crippen LogP contribution in [0.5, 0.6) is 0 Å². The first-order valence-electron chi connectivity index (χ1n) is 10.6. The minimum atomic E-state index is -0.238. The molecule has 3 aromatic rings. The van der Waals surface area contributed by atoms with Crippen LogP contribution in [0.1, 0.15) is 43.5 Å². The lowest BCUT2D eigenvalue weighted by atomic mass is 9.93. The lowest BCUT2D eigenvalue weighted by Crippen LogP contribution is -2.34. The van der Waals surface area contributed by atoms with Crippen LogP contribution in [0.25, 0.3) is 11.1 Å². The van der Waals surface area contributed by atoms with Crippen LogP contribution >= 0.6 is 0 Å². The van der Waals surface area contributed by atoms with E-state index in [0.717, 1.165) is 42.9 Å². The standard InChI is InChI=1S/C23H29FN6/c1-4-30-16-17(13-26-30)15-29-12-6-5-7-21(29)22-20(14-25-23(27-22)28(2)3)18-8-10-19(24)11-9-18/h8-11,13-14,16,21H,4-7,12,15H2,1-3H3. The number of halogens is 1. The van der Waals surface area contributed by atoms with Crippen molar-refractivity contribution in [3.05, 3.63) is 59.9 Å². The zero-order valence-electron chi connectivity index (χ0n) is 17.9. The van der Waals surface area contributed by atoms with Crippen molar-refractivity contribution in [3.8, 4) is 11.1 Å². The summed E-state index contributed by atoms with van der Waals surface area (Å²) in [6.07, 6.45) is 9.35. The molecule has 1 atom stereocenters. The number of hydrogen-bond acceptors (Lipinski definition) is 5. The van der Waals surface area contributed by atoms with Crippen molar-refractivity contribution >= 4 is 5.95 Å². The number of aromatic nitrogens is 4. The smallest absolute Gasteiger partial charge is 0.225 e. The summed E-state index contributed by atoms with van der Waals surface area (Å²) in [5.74, 6) is 0.457. The summed E-state index contributed by atoms with van der Waals surface area (Å²) >= 11 is 0. The SMILES string of the molecule is CCn1cc(CN2CCCCC2c2nc(N(C)C)ncc2-c2ccc(F)cc2)cn1. The molecule has 0 N–H and O–H groups in total. The summed E-state index contributed by atoms with van der Waals surface area (Å²) in [6, 6.07) is 6.80. The van der Waals surface area contributed by atoms with E-state index in [0.29, 0.717) is 5.95 Å².